The average Bonchev–Trinajstić information content (AvgIpc) is 2.67. The third-order valence-corrected chi connectivity index (χ3v) is 4.12. The summed E-state index contributed by atoms with van der Waals surface area (Å²) in [6.07, 6.45) is 0.584. The molecule has 0 fully saturated rings. The first-order chi connectivity index (χ1) is 13.2. The van der Waals surface area contributed by atoms with E-state index in [1.54, 1.807) is 12.1 Å². The second-order valence-electron chi connectivity index (χ2n) is 6.16. The van der Waals surface area contributed by atoms with Crippen molar-refractivity contribution >= 4 is 5.96 Å². The van der Waals surface area contributed by atoms with Crippen molar-refractivity contribution in [3.8, 4) is 5.75 Å². The fourth-order valence-corrected chi connectivity index (χ4v) is 2.86. The highest BCUT2D eigenvalue weighted by molar-refractivity contribution is 5.79. The number of ether oxygens (including phenoxy) is 2. The summed E-state index contributed by atoms with van der Waals surface area (Å²) in [7, 11) is 0. The lowest BCUT2D eigenvalue weighted by Gasteiger charge is -2.21. The van der Waals surface area contributed by atoms with Gasteiger partial charge in [-0.3, -0.25) is 0 Å². The molecule has 2 aromatic rings. The van der Waals surface area contributed by atoms with Crippen molar-refractivity contribution in [1.82, 2.24) is 10.6 Å². The fourth-order valence-electron chi connectivity index (χ4n) is 2.86. The van der Waals surface area contributed by atoms with Crippen LogP contribution in [0.25, 0.3) is 0 Å². The second kappa shape index (κ2) is 9.32. The summed E-state index contributed by atoms with van der Waals surface area (Å²) < 4.78 is 37.5. The minimum absolute atomic E-state index is 0.181. The van der Waals surface area contributed by atoms with Crippen molar-refractivity contribution in [3.05, 3.63) is 64.7 Å². The van der Waals surface area contributed by atoms with E-state index in [0.29, 0.717) is 44.4 Å². The van der Waals surface area contributed by atoms with Gasteiger partial charge in [-0.25, -0.2) is 13.8 Å². The number of rotatable bonds is 6. The van der Waals surface area contributed by atoms with Gasteiger partial charge in [0.25, 0.3) is 0 Å². The summed E-state index contributed by atoms with van der Waals surface area (Å²) in [5.41, 5.74) is 2.45. The number of nitrogens with one attached hydrogen (secondary N) is 2. The van der Waals surface area contributed by atoms with Gasteiger partial charge in [-0.15, -0.1) is 0 Å². The lowest BCUT2D eigenvalue weighted by molar-refractivity contribution is -0.0172. The molecule has 0 amide bonds. The molecule has 1 aliphatic rings. The number of hydrogen-bond donors (Lipinski definition) is 2. The predicted octanol–water partition coefficient (Wildman–Crippen LogP) is 3.13. The SMILES string of the molecule is CCNC(=NCc1ccc(F)cc1)NCCc1cc(F)cc2c1OCOC2. The molecule has 1 aliphatic heterocycles. The standard InChI is InChI=1S/C20H23F2N3O2/c1-2-23-20(25-11-14-3-5-17(21)6-4-14)24-8-7-15-9-18(22)10-16-12-26-13-27-19(15)16/h3-6,9-10H,2,7-8,11-13H2,1H3,(H2,23,24,25). The maximum absolute atomic E-state index is 13.8. The van der Waals surface area contributed by atoms with E-state index in [2.05, 4.69) is 15.6 Å². The summed E-state index contributed by atoms with van der Waals surface area (Å²) in [6.45, 7) is 4.23. The van der Waals surface area contributed by atoms with Crippen molar-refractivity contribution < 1.29 is 18.3 Å². The number of hydrogen-bond acceptors (Lipinski definition) is 3. The Kier molecular flexibility index (Phi) is 6.59. The van der Waals surface area contributed by atoms with Crippen LogP contribution >= 0.6 is 0 Å². The molecule has 1 heterocycles. The zero-order chi connectivity index (χ0) is 19.1. The van der Waals surface area contributed by atoms with Crippen molar-refractivity contribution in [2.75, 3.05) is 19.9 Å². The number of aliphatic imine (C=N–C) groups is 1. The highest BCUT2D eigenvalue weighted by Crippen LogP contribution is 2.29. The van der Waals surface area contributed by atoms with Crippen LogP contribution in [0.15, 0.2) is 41.4 Å². The van der Waals surface area contributed by atoms with Crippen LogP contribution in [0.3, 0.4) is 0 Å². The molecule has 5 nitrogen and oxygen atoms in total. The first-order valence-corrected chi connectivity index (χ1v) is 8.94. The van der Waals surface area contributed by atoms with Crippen LogP contribution < -0.4 is 15.4 Å². The van der Waals surface area contributed by atoms with Crippen molar-refractivity contribution in [2.45, 2.75) is 26.5 Å². The van der Waals surface area contributed by atoms with Gasteiger partial charge in [0.15, 0.2) is 12.8 Å². The van der Waals surface area contributed by atoms with E-state index in [9.17, 15) is 8.78 Å². The number of fused-ring (bicyclic) bond motifs is 1. The van der Waals surface area contributed by atoms with Gasteiger partial charge in [-0.05, 0) is 48.7 Å². The Labute approximate surface area is 157 Å². The molecule has 0 bridgehead atoms. The molecular weight excluding hydrogens is 352 g/mol. The second-order valence-corrected chi connectivity index (χ2v) is 6.16. The van der Waals surface area contributed by atoms with Gasteiger partial charge in [0, 0.05) is 18.7 Å². The van der Waals surface area contributed by atoms with Gasteiger partial charge in [0.1, 0.15) is 17.4 Å². The third kappa shape index (κ3) is 5.40. The van der Waals surface area contributed by atoms with Gasteiger partial charge in [0.05, 0.1) is 13.2 Å². The van der Waals surface area contributed by atoms with E-state index < -0.39 is 0 Å². The Balaban J connectivity index is 1.60. The van der Waals surface area contributed by atoms with E-state index in [0.717, 1.165) is 16.7 Å². The summed E-state index contributed by atoms with van der Waals surface area (Å²) in [5.74, 6) is 0.794. The molecule has 0 spiro atoms. The molecule has 0 radical (unpaired) electrons. The van der Waals surface area contributed by atoms with Gasteiger partial charge in [0.2, 0.25) is 0 Å². The summed E-state index contributed by atoms with van der Waals surface area (Å²) in [4.78, 5) is 4.50. The van der Waals surface area contributed by atoms with E-state index in [1.165, 1.54) is 24.3 Å². The topological polar surface area (TPSA) is 54.9 Å². The average molecular weight is 375 g/mol. The predicted molar refractivity (Wildman–Crippen MR) is 99.6 cm³/mol. The molecule has 144 valence electrons. The van der Waals surface area contributed by atoms with Crippen molar-refractivity contribution in [1.29, 1.82) is 0 Å². The van der Waals surface area contributed by atoms with Crippen LogP contribution in [-0.4, -0.2) is 25.8 Å². The summed E-state index contributed by atoms with van der Waals surface area (Å²) in [6, 6.07) is 9.19. The molecule has 2 N–H and O–H groups in total. The van der Waals surface area contributed by atoms with Crippen LogP contribution in [0.2, 0.25) is 0 Å². The molecule has 3 rings (SSSR count). The molecule has 0 atom stereocenters. The zero-order valence-corrected chi connectivity index (χ0v) is 15.2. The van der Waals surface area contributed by atoms with E-state index in [-0.39, 0.29) is 18.4 Å². The van der Waals surface area contributed by atoms with Crippen LogP contribution in [-0.2, 0) is 24.3 Å². The Morgan fingerprint density at radius 2 is 1.93 bits per heavy atom. The first kappa shape index (κ1) is 19.1. The lowest BCUT2D eigenvalue weighted by atomic mass is 10.1. The fraction of sp³-hybridized carbons (Fsp3) is 0.350. The molecule has 0 aliphatic carbocycles. The van der Waals surface area contributed by atoms with Crippen LogP contribution in [0.5, 0.6) is 5.75 Å². The molecule has 0 saturated heterocycles. The maximum atomic E-state index is 13.8. The quantitative estimate of drug-likeness (QED) is 0.602. The minimum Gasteiger partial charge on any atom is -0.467 e. The smallest absolute Gasteiger partial charge is 0.191 e. The van der Waals surface area contributed by atoms with E-state index in [1.807, 2.05) is 6.92 Å². The van der Waals surface area contributed by atoms with E-state index >= 15 is 0 Å². The van der Waals surface area contributed by atoms with Crippen LogP contribution in [0.1, 0.15) is 23.6 Å². The Morgan fingerprint density at radius 3 is 2.70 bits per heavy atom. The monoisotopic (exact) mass is 375 g/mol. The summed E-state index contributed by atoms with van der Waals surface area (Å²) >= 11 is 0. The molecule has 0 aromatic heterocycles. The Hall–Kier alpha value is -2.67. The molecule has 2 aromatic carbocycles. The molecule has 0 saturated carbocycles. The van der Waals surface area contributed by atoms with Crippen LogP contribution in [0, 0.1) is 11.6 Å². The van der Waals surface area contributed by atoms with Crippen molar-refractivity contribution in [3.63, 3.8) is 0 Å². The third-order valence-electron chi connectivity index (χ3n) is 4.12. The molecule has 0 unspecified atom stereocenters. The highest BCUT2D eigenvalue weighted by atomic mass is 19.1. The number of halogens is 2. The number of guanidine groups is 1. The number of benzene rings is 2. The van der Waals surface area contributed by atoms with Crippen LogP contribution in [0.4, 0.5) is 8.78 Å². The maximum Gasteiger partial charge on any atom is 0.191 e. The largest absolute Gasteiger partial charge is 0.467 e. The summed E-state index contributed by atoms with van der Waals surface area (Å²) in [5, 5.41) is 6.40. The molecular formula is C20H23F2N3O2. The number of nitrogens with zero attached hydrogens (tertiary/aromatic N) is 1. The van der Waals surface area contributed by atoms with Crippen molar-refractivity contribution in [2.24, 2.45) is 4.99 Å². The van der Waals surface area contributed by atoms with E-state index in [4.69, 9.17) is 9.47 Å². The first-order valence-electron chi connectivity index (χ1n) is 8.94. The molecule has 7 heteroatoms. The molecule has 27 heavy (non-hydrogen) atoms. The normalized spacial score (nSPS) is 13.7. The zero-order valence-electron chi connectivity index (χ0n) is 15.2. The highest BCUT2D eigenvalue weighted by Gasteiger charge is 2.16. The Morgan fingerprint density at radius 1 is 1.11 bits per heavy atom. The Bertz CT molecular complexity index is 795. The lowest BCUT2D eigenvalue weighted by Crippen LogP contribution is -2.38. The van der Waals surface area contributed by atoms with Gasteiger partial charge < -0.3 is 20.1 Å². The van der Waals surface area contributed by atoms with Gasteiger partial charge in [-0.2, -0.15) is 0 Å². The van der Waals surface area contributed by atoms with Gasteiger partial charge >= 0.3 is 0 Å². The minimum atomic E-state index is -0.297. The van der Waals surface area contributed by atoms with Gasteiger partial charge in [-0.1, -0.05) is 12.1 Å².